The number of halogens is 2. The molecule has 3 nitrogen and oxygen atoms in total. The predicted molar refractivity (Wildman–Crippen MR) is 48.0 cm³/mol. The van der Waals surface area contributed by atoms with Crippen LogP contribution in [0.5, 0.6) is 11.5 Å². The topological polar surface area (TPSA) is 66.5 Å². The van der Waals surface area contributed by atoms with Gasteiger partial charge in [0.15, 0.2) is 11.5 Å². The van der Waals surface area contributed by atoms with Gasteiger partial charge in [-0.3, -0.25) is 0 Å². The first-order valence-electron chi connectivity index (χ1n) is 3.83. The van der Waals surface area contributed by atoms with Crippen molar-refractivity contribution in [3.63, 3.8) is 0 Å². The average molecular weight is 201 g/mol. The van der Waals surface area contributed by atoms with Crippen LogP contribution in [0.4, 0.5) is 8.78 Å². The monoisotopic (exact) mass is 201 g/mol. The van der Waals surface area contributed by atoms with Gasteiger partial charge in [-0.05, 0) is 17.7 Å². The van der Waals surface area contributed by atoms with E-state index in [0.29, 0.717) is 0 Å². The lowest BCUT2D eigenvalue weighted by Gasteiger charge is -2.04. The molecule has 0 aliphatic rings. The molecule has 76 valence electrons. The van der Waals surface area contributed by atoms with Crippen molar-refractivity contribution in [2.45, 2.75) is 0 Å². The predicted octanol–water partition coefficient (Wildman–Crippen LogP) is 1.66. The Hall–Kier alpha value is -1.62. The van der Waals surface area contributed by atoms with E-state index in [0.717, 1.165) is 12.1 Å². The molecule has 0 saturated heterocycles. The van der Waals surface area contributed by atoms with Crippen molar-refractivity contribution in [1.82, 2.24) is 0 Å². The number of rotatable bonds is 2. The highest BCUT2D eigenvalue weighted by Crippen LogP contribution is 2.29. The van der Waals surface area contributed by atoms with Crippen LogP contribution in [-0.4, -0.2) is 16.8 Å². The molecule has 1 rings (SSSR count). The number of aromatic hydroxyl groups is 2. The lowest BCUT2D eigenvalue weighted by Crippen LogP contribution is -2.03. The van der Waals surface area contributed by atoms with E-state index in [4.69, 9.17) is 15.9 Å². The van der Waals surface area contributed by atoms with Gasteiger partial charge in [0.2, 0.25) is 0 Å². The molecule has 0 saturated carbocycles. The second kappa shape index (κ2) is 4.06. The zero-order valence-electron chi connectivity index (χ0n) is 7.17. The summed E-state index contributed by atoms with van der Waals surface area (Å²) < 4.78 is 24.5. The molecule has 4 N–H and O–H groups in total. The third-order valence-electron chi connectivity index (χ3n) is 1.76. The number of hydrogen-bond donors (Lipinski definition) is 3. The maximum atomic E-state index is 12.3. The number of phenolic OH excluding ortho intramolecular Hbond substituents is 2. The van der Waals surface area contributed by atoms with Crippen molar-refractivity contribution in [1.29, 1.82) is 0 Å². The summed E-state index contributed by atoms with van der Waals surface area (Å²) in [6, 6.07) is 3.43. The van der Waals surface area contributed by atoms with E-state index >= 15 is 0 Å². The Morgan fingerprint density at radius 2 is 1.86 bits per heavy atom. The van der Waals surface area contributed by atoms with Gasteiger partial charge in [-0.1, -0.05) is 6.07 Å². The quantitative estimate of drug-likeness (QED) is 0.637. The molecule has 0 aliphatic heterocycles. The van der Waals surface area contributed by atoms with Crippen molar-refractivity contribution in [3.8, 4) is 11.5 Å². The molecule has 1 aromatic rings. The van der Waals surface area contributed by atoms with Gasteiger partial charge >= 0.3 is 0 Å². The zero-order valence-corrected chi connectivity index (χ0v) is 7.17. The third-order valence-corrected chi connectivity index (χ3v) is 1.76. The van der Waals surface area contributed by atoms with Crippen LogP contribution in [0.1, 0.15) is 5.56 Å². The molecule has 5 heteroatoms. The summed E-state index contributed by atoms with van der Waals surface area (Å²) in [5.41, 5.74) is 4.86. The largest absolute Gasteiger partial charge is 0.504 e. The highest BCUT2D eigenvalue weighted by Gasteiger charge is 2.09. The van der Waals surface area contributed by atoms with Crippen molar-refractivity contribution in [3.05, 3.63) is 29.8 Å². The number of phenols is 2. The van der Waals surface area contributed by atoms with Crippen LogP contribution in [0, 0.1) is 0 Å². The molecule has 0 atom stereocenters. The molecule has 0 unspecified atom stereocenters. The van der Waals surface area contributed by atoms with E-state index in [1.54, 1.807) is 0 Å². The maximum absolute atomic E-state index is 12.3. The van der Waals surface area contributed by atoms with Gasteiger partial charge in [0.05, 0.1) is 0 Å². The van der Waals surface area contributed by atoms with Crippen LogP contribution in [0.25, 0.3) is 5.57 Å². The zero-order chi connectivity index (χ0) is 10.7. The Labute approximate surface area is 79.1 Å². The minimum atomic E-state index is -1.89. The fourth-order valence-electron chi connectivity index (χ4n) is 1.02. The molecular weight excluding hydrogens is 192 g/mol. The van der Waals surface area contributed by atoms with Gasteiger partial charge in [-0.15, -0.1) is 0 Å². The van der Waals surface area contributed by atoms with Crippen LogP contribution in [-0.2, 0) is 0 Å². The van der Waals surface area contributed by atoms with Gasteiger partial charge in [-0.2, -0.15) is 8.78 Å². The Bertz CT molecular complexity index is 373. The Morgan fingerprint density at radius 1 is 1.21 bits per heavy atom. The normalized spacial score (nSPS) is 9.93. The standard InChI is InChI=1S/C9H9F2NO2/c10-9(11)6(4-12)5-1-2-7(13)8(14)3-5/h1-3,13-14H,4,12H2. The van der Waals surface area contributed by atoms with Crippen molar-refractivity contribution < 1.29 is 19.0 Å². The summed E-state index contributed by atoms with van der Waals surface area (Å²) >= 11 is 0. The Balaban J connectivity index is 3.20. The summed E-state index contributed by atoms with van der Waals surface area (Å²) in [6.07, 6.45) is -1.89. The van der Waals surface area contributed by atoms with Crippen LogP contribution in [0.3, 0.4) is 0 Å². The summed E-state index contributed by atoms with van der Waals surface area (Å²) in [7, 11) is 0. The van der Waals surface area contributed by atoms with E-state index in [-0.39, 0.29) is 23.4 Å². The molecule has 0 amide bonds. The van der Waals surface area contributed by atoms with Crippen LogP contribution < -0.4 is 5.73 Å². The first kappa shape index (κ1) is 10.5. The molecule has 0 heterocycles. The van der Waals surface area contributed by atoms with Gasteiger partial charge in [-0.25, -0.2) is 0 Å². The van der Waals surface area contributed by atoms with E-state index in [1.807, 2.05) is 0 Å². The number of nitrogens with two attached hydrogens (primary N) is 1. The van der Waals surface area contributed by atoms with Gasteiger partial charge < -0.3 is 15.9 Å². The number of hydrogen-bond acceptors (Lipinski definition) is 3. The fourth-order valence-corrected chi connectivity index (χ4v) is 1.02. The minimum Gasteiger partial charge on any atom is -0.504 e. The summed E-state index contributed by atoms with van der Waals surface area (Å²) in [4.78, 5) is 0. The van der Waals surface area contributed by atoms with Crippen molar-refractivity contribution in [2.24, 2.45) is 5.73 Å². The smallest absolute Gasteiger partial charge is 0.275 e. The second-order valence-corrected chi connectivity index (χ2v) is 2.65. The Morgan fingerprint density at radius 3 is 2.29 bits per heavy atom. The summed E-state index contributed by atoms with van der Waals surface area (Å²) in [5.74, 6) is -0.806. The molecule has 0 radical (unpaired) electrons. The molecule has 0 spiro atoms. The molecular formula is C9H9F2NO2. The van der Waals surface area contributed by atoms with Gasteiger partial charge in [0, 0.05) is 12.1 Å². The minimum absolute atomic E-state index is 0.0998. The van der Waals surface area contributed by atoms with Crippen LogP contribution >= 0.6 is 0 Å². The average Bonchev–Trinajstić information content (AvgIpc) is 2.11. The third kappa shape index (κ3) is 2.00. The number of benzene rings is 1. The first-order chi connectivity index (χ1) is 6.56. The summed E-state index contributed by atoms with van der Waals surface area (Å²) in [6.45, 7) is -0.327. The molecule has 0 bridgehead atoms. The highest BCUT2D eigenvalue weighted by atomic mass is 19.3. The van der Waals surface area contributed by atoms with E-state index in [9.17, 15) is 8.78 Å². The highest BCUT2D eigenvalue weighted by molar-refractivity contribution is 5.69. The first-order valence-corrected chi connectivity index (χ1v) is 3.83. The van der Waals surface area contributed by atoms with Gasteiger partial charge in [0.1, 0.15) is 0 Å². The molecule has 0 aromatic heterocycles. The lowest BCUT2D eigenvalue weighted by atomic mass is 10.1. The Kier molecular flexibility index (Phi) is 3.03. The molecule has 14 heavy (non-hydrogen) atoms. The maximum Gasteiger partial charge on any atom is 0.275 e. The van der Waals surface area contributed by atoms with Gasteiger partial charge in [0.25, 0.3) is 6.08 Å². The van der Waals surface area contributed by atoms with Crippen molar-refractivity contribution >= 4 is 5.57 Å². The lowest BCUT2D eigenvalue weighted by molar-refractivity contribution is 0.403. The SMILES string of the molecule is NCC(=C(F)F)c1ccc(O)c(O)c1. The van der Waals surface area contributed by atoms with E-state index in [1.165, 1.54) is 6.07 Å². The van der Waals surface area contributed by atoms with E-state index in [2.05, 4.69) is 0 Å². The fraction of sp³-hybridized carbons (Fsp3) is 0.111. The van der Waals surface area contributed by atoms with Crippen molar-refractivity contribution in [2.75, 3.05) is 6.54 Å². The van der Waals surface area contributed by atoms with Crippen LogP contribution in [0.15, 0.2) is 24.3 Å². The van der Waals surface area contributed by atoms with E-state index < -0.39 is 11.8 Å². The molecule has 0 aliphatic carbocycles. The second-order valence-electron chi connectivity index (χ2n) is 2.65. The summed E-state index contributed by atoms with van der Waals surface area (Å²) in [5, 5.41) is 18.0. The molecule has 0 fully saturated rings. The van der Waals surface area contributed by atoms with Crippen LogP contribution in [0.2, 0.25) is 0 Å². The molecule has 1 aromatic carbocycles.